The molecule has 0 spiro atoms. The van der Waals surface area contributed by atoms with Gasteiger partial charge in [-0.3, -0.25) is 0 Å². The van der Waals surface area contributed by atoms with Crippen LogP contribution in [0.3, 0.4) is 0 Å². The van der Waals surface area contributed by atoms with Gasteiger partial charge in [0.2, 0.25) is 11.7 Å². The Morgan fingerprint density at radius 2 is 1.91 bits per heavy atom. The molecular weight excluding hydrogens is 538 g/mol. The summed E-state index contributed by atoms with van der Waals surface area (Å²) in [4.78, 5) is 19.7. The normalized spacial score (nSPS) is 21.2. The van der Waals surface area contributed by atoms with Gasteiger partial charge in [0, 0.05) is 37.3 Å². The fourth-order valence-electron chi connectivity index (χ4n) is 4.38. The third kappa shape index (κ3) is 4.96. The number of hydrogen-bond acceptors (Lipinski definition) is 10. The van der Waals surface area contributed by atoms with E-state index in [2.05, 4.69) is 52.2 Å². The molecular formula is C23H21BrClN7O3. The molecule has 0 saturated carbocycles. The number of nitriles is 1. The van der Waals surface area contributed by atoms with Gasteiger partial charge in [0.15, 0.2) is 5.82 Å². The minimum absolute atomic E-state index is 0.0961. The van der Waals surface area contributed by atoms with Crippen molar-refractivity contribution in [1.82, 2.24) is 19.9 Å². The summed E-state index contributed by atoms with van der Waals surface area (Å²) in [6.45, 7) is 2.52. The quantitative estimate of drug-likeness (QED) is 0.478. The van der Waals surface area contributed by atoms with Crippen LogP contribution < -0.4 is 19.7 Å². The van der Waals surface area contributed by atoms with Crippen molar-refractivity contribution in [3.05, 3.63) is 52.0 Å². The summed E-state index contributed by atoms with van der Waals surface area (Å²) in [6, 6.07) is 7.03. The minimum atomic E-state index is -0.120. The molecule has 2 aliphatic rings. The van der Waals surface area contributed by atoms with Gasteiger partial charge in [-0.25, -0.2) is 15.0 Å². The predicted molar refractivity (Wildman–Crippen MR) is 132 cm³/mol. The summed E-state index contributed by atoms with van der Waals surface area (Å²) >= 11 is 9.71. The van der Waals surface area contributed by atoms with E-state index < -0.39 is 0 Å². The van der Waals surface area contributed by atoms with Gasteiger partial charge in [-0.1, -0.05) is 11.6 Å². The van der Waals surface area contributed by atoms with E-state index in [0.717, 1.165) is 4.47 Å². The molecule has 2 aromatic heterocycles. The smallest absolute Gasteiger partial charge is 0.262 e. The highest BCUT2D eigenvalue weighted by atomic mass is 79.9. The topological polar surface area (TPSA) is 118 Å². The van der Waals surface area contributed by atoms with E-state index in [4.69, 9.17) is 31.1 Å². The van der Waals surface area contributed by atoms with Gasteiger partial charge in [0.1, 0.15) is 12.4 Å². The first-order chi connectivity index (χ1) is 17.1. The highest BCUT2D eigenvalue weighted by Crippen LogP contribution is 2.39. The first-order valence-corrected chi connectivity index (χ1v) is 12.1. The standard InChI is InChI=1S/C23H21BrClN7O3/c1-33-20-21(31-18-3-2-13(5-26)4-17(18)25)29-12-30-22(20)35-19-14-8-32(9-15(19)11-34-10-14)23-27-6-16(24)7-28-23/h2-4,6-7,12,14-15,19H,8-11H2,1H3,(H,29,30,31). The monoisotopic (exact) mass is 557 g/mol. The molecule has 2 aliphatic heterocycles. The lowest BCUT2D eigenvalue weighted by atomic mass is 9.84. The number of piperidine rings is 1. The average molecular weight is 559 g/mol. The molecule has 2 saturated heterocycles. The maximum absolute atomic E-state index is 9.07. The molecule has 0 radical (unpaired) electrons. The number of methoxy groups -OCH3 is 1. The third-order valence-corrected chi connectivity index (χ3v) is 6.69. The fourth-order valence-corrected chi connectivity index (χ4v) is 4.81. The largest absolute Gasteiger partial charge is 0.489 e. The van der Waals surface area contributed by atoms with Crippen molar-refractivity contribution in [3.8, 4) is 17.7 Å². The number of fused-ring (bicyclic) bond motifs is 2. The van der Waals surface area contributed by atoms with E-state index in [1.807, 2.05) is 0 Å². The van der Waals surface area contributed by atoms with E-state index >= 15 is 0 Å². The second-order valence-electron chi connectivity index (χ2n) is 8.24. The Labute approximate surface area is 215 Å². The van der Waals surface area contributed by atoms with Crippen LogP contribution in [0.2, 0.25) is 5.02 Å². The summed E-state index contributed by atoms with van der Waals surface area (Å²) in [7, 11) is 1.54. The number of nitrogens with one attached hydrogen (secondary N) is 1. The highest BCUT2D eigenvalue weighted by molar-refractivity contribution is 9.10. The van der Waals surface area contributed by atoms with Crippen LogP contribution in [0.15, 0.2) is 41.4 Å². The van der Waals surface area contributed by atoms with Crippen LogP contribution in [0.1, 0.15) is 5.56 Å². The number of rotatable bonds is 6. The highest BCUT2D eigenvalue weighted by Gasteiger charge is 2.43. The van der Waals surface area contributed by atoms with Crippen LogP contribution in [0.4, 0.5) is 17.5 Å². The molecule has 4 heterocycles. The molecule has 5 rings (SSSR count). The number of halogens is 2. The second kappa shape index (κ2) is 10.2. The SMILES string of the molecule is COc1c(Nc2ccc(C#N)cc2Cl)ncnc1OC1C2COCC1CN(c1ncc(Br)cn1)C2. The zero-order valence-corrected chi connectivity index (χ0v) is 21.0. The zero-order valence-electron chi connectivity index (χ0n) is 18.7. The van der Waals surface area contributed by atoms with Crippen LogP contribution in [-0.4, -0.2) is 59.5 Å². The Kier molecular flexibility index (Phi) is 6.86. The molecule has 1 aromatic carbocycles. The Morgan fingerprint density at radius 1 is 1.17 bits per heavy atom. The molecule has 2 fully saturated rings. The Hall–Kier alpha value is -3.20. The van der Waals surface area contributed by atoms with E-state index in [1.54, 1.807) is 30.6 Å². The predicted octanol–water partition coefficient (Wildman–Crippen LogP) is 3.84. The van der Waals surface area contributed by atoms with Crippen molar-refractivity contribution in [2.75, 3.05) is 43.6 Å². The Morgan fingerprint density at radius 3 is 2.57 bits per heavy atom. The molecule has 2 unspecified atom stereocenters. The number of ether oxygens (including phenoxy) is 3. The van der Waals surface area contributed by atoms with Crippen molar-refractivity contribution in [1.29, 1.82) is 5.26 Å². The second-order valence-corrected chi connectivity index (χ2v) is 9.56. The van der Waals surface area contributed by atoms with Crippen LogP contribution in [-0.2, 0) is 4.74 Å². The van der Waals surface area contributed by atoms with E-state index in [1.165, 1.54) is 13.4 Å². The van der Waals surface area contributed by atoms with Crippen molar-refractivity contribution >= 4 is 45.0 Å². The van der Waals surface area contributed by atoms with Crippen LogP contribution in [0.25, 0.3) is 0 Å². The number of anilines is 3. The molecule has 10 nitrogen and oxygen atoms in total. The third-order valence-electron chi connectivity index (χ3n) is 5.97. The van der Waals surface area contributed by atoms with Crippen molar-refractivity contribution < 1.29 is 14.2 Å². The molecule has 3 aromatic rings. The van der Waals surface area contributed by atoms with Crippen molar-refractivity contribution in [2.45, 2.75) is 6.10 Å². The molecule has 180 valence electrons. The van der Waals surface area contributed by atoms with Gasteiger partial charge in [-0.05, 0) is 34.1 Å². The fraction of sp³-hybridized carbons (Fsp3) is 0.348. The van der Waals surface area contributed by atoms with E-state index in [0.29, 0.717) is 66.0 Å². The molecule has 1 N–H and O–H groups in total. The van der Waals surface area contributed by atoms with Gasteiger partial charge in [-0.15, -0.1) is 0 Å². The lowest BCUT2D eigenvalue weighted by Crippen LogP contribution is -2.58. The number of hydrogen-bond donors (Lipinski definition) is 1. The van der Waals surface area contributed by atoms with Gasteiger partial charge >= 0.3 is 0 Å². The van der Waals surface area contributed by atoms with Crippen molar-refractivity contribution in [2.24, 2.45) is 11.8 Å². The van der Waals surface area contributed by atoms with Crippen molar-refractivity contribution in [3.63, 3.8) is 0 Å². The minimum Gasteiger partial charge on any atom is -0.489 e. The van der Waals surface area contributed by atoms with Gasteiger partial charge in [0.05, 0.1) is 47.1 Å². The van der Waals surface area contributed by atoms with Gasteiger partial charge in [-0.2, -0.15) is 10.2 Å². The molecule has 2 atom stereocenters. The number of nitrogens with zero attached hydrogens (tertiary/aromatic N) is 6. The first-order valence-electron chi connectivity index (χ1n) is 10.9. The lowest BCUT2D eigenvalue weighted by molar-refractivity contribution is -0.0775. The van der Waals surface area contributed by atoms with Gasteiger partial charge in [0.25, 0.3) is 5.88 Å². The number of aromatic nitrogens is 4. The Bertz CT molecular complexity index is 1240. The average Bonchev–Trinajstić information content (AvgIpc) is 2.86. The maximum Gasteiger partial charge on any atom is 0.262 e. The summed E-state index contributed by atoms with van der Waals surface area (Å²) in [6.07, 6.45) is 4.79. The molecule has 12 heteroatoms. The molecule has 2 bridgehead atoms. The Balaban J connectivity index is 1.36. The zero-order chi connectivity index (χ0) is 24.4. The van der Waals surface area contributed by atoms with Crippen LogP contribution >= 0.6 is 27.5 Å². The summed E-state index contributed by atoms with van der Waals surface area (Å²) in [5.74, 6) is 1.99. The maximum atomic E-state index is 9.07. The summed E-state index contributed by atoms with van der Waals surface area (Å²) < 4.78 is 18.7. The first kappa shape index (κ1) is 23.5. The van der Waals surface area contributed by atoms with Gasteiger partial charge < -0.3 is 24.4 Å². The summed E-state index contributed by atoms with van der Waals surface area (Å²) in [5.41, 5.74) is 1.05. The molecule has 0 amide bonds. The van der Waals surface area contributed by atoms with Crippen LogP contribution in [0.5, 0.6) is 11.6 Å². The molecule has 35 heavy (non-hydrogen) atoms. The molecule has 0 aliphatic carbocycles. The van der Waals surface area contributed by atoms with Crippen LogP contribution in [0, 0.1) is 23.2 Å². The number of benzene rings is 1. The van der Waals surface area contributed by atoms with E-state index in [-0.39, 0.29) is 17.9 Å². The summed E-state index contributed by atoms with van der Waals surface area (Å²) in [5, 5.41) is 12.6. The lowest BCUT2D eigenvalue weighted by Gasteiger charge is -2.46. The van der Waals surface area contributed by atoms with E-state index in [9.17, 15) is 0 Å².